The van der Waals surface area contributed by atoms with Gasteiger partial charge in [-0.2, -0.15) is 0 Å². The van der Waals surface area contributed by atoms with E-state index in [9.17, 15) is 0 Å². The molecular weight excluding hydrogens is 250 g/mol. The number of hydrogen-bond donors (Lipinski definition) is 0. The molecule has 1 aliphatic heterocycles. The predicted octanol–water partition coefficient (Wildman–Crippen LogP) is 3.05. The lowest BCUT2D eigenvalue weighted by Crippen LogP contribution is -2.37. The molecule has 1 heterocycles. The summed E-state index contributed by atoms with van der Waals surface area (Å²) in [6.07, 6.45) is 4.78. The van der Waals surface area contributed by atoms with Gasteiger partial charge in [0.1, 0.15) is 13.2 Å². The minimum Gasteiger partial charge on any atom is -0.486 e. The van der Waals surface area contributed by atoms with E-state index in [4.69, 9.17) is 9.47 Å². The van der Waals surface area contributed by atoms with E-state index in [1.807, 2.05) is 0 Å². The maximum atomic E-state index is 5.70. The van der Waals surface area contributed by atoms with Gasteiger partial charge in [-0.3, -0.25) is 4.90 Å². The average molecular weight is 275 g/mol. The van der Waals surface area contributed by atoms with Gasteiger partial charge < -0.3 is 9.47 Å². The van der Waals surface area contributed by atoms with Crippen LogP contribution in [0.5, 0.6) is 11.5 Å². The minimum absolute atomic E-state index is 0.661. The Labute approximate surface area is 121 Å². The molecule has 3 heteroatoms. The first kappa shape index (κ1) is 13.7. The monoisotopic (exact) mass is 275 g/mol. The second-order valence-electron chi connectivity index (χ2n) is 5.86. The van der Waals surface area contributed by atoms with Gasteiger partial charge in [-0.05, 0) is 62.0 Å². The van der Waals surface area contributed by atoms with Crippen LogP contribution in [0.15, 0.2) is 12.1 Å². The zero-order chi connectivity index (χ0) is 13.9. The number of rotatable bonds is 5. The summed E-state index contributed by atoms with van der Waals surface area (Å²) in [6.45, 7) is 8.30. The number of ether oxygens (including phenoxy) is 2. The summed E-state index contributed by atoms with van der Waals surface area (Å²) >= 11 is 0. The molecule has 0 saturated heterocycles. The quantitative estimate of drug-likeness (QED) is 0.824. The molecule has 0 N–H and O–H groups in total. The normalized spacial score (nSPS) is 17.6. The lowest BCUT2D eigenvalue weighted by atomic mass is 10.1. The fraction of sp³-hybridized carbons (Fsp3) is 0.647. The van der Waals surface area contributed by atoms with Crippen molar-refractivity contribution in [2.45, 2.75) is 45.6 Å². The van der Waals surface area contributed by atoms with Crippen LogP contribution in [0.4, 0.5) is 0 Å². The van der Waals surface area contributed by atoms with E-state index in [2.05, 4.69) is 30.9 Å². The van der Waals surface area contributed by atoms with Crippen molar-refractivity contribution < 1.29 is 9.47 Å². The van der Waals surface area contributed by atoms with Gasteiger partial charge in [0.2, 0.25) is 0 Å². The van der Waals surface area contributed by atoms with Gasteiger partial charge in [0.25, 0.3) is 0 Å². The number of nitrogens with zero attached hydrogens (tertiary/aromatic N) is 1. The third-order valence-corrected chi connectivity index (χ3v) is 4.31. The Morgan fingerprint density at radius 2 is 1.45 bits per heavy atom. The first-order valence-electron chi connectivity index (χ1n) is 7.97. The van der Waals surface area contributed by atoms with Gasteiger partial charge in [0.15, 0.2) is 11.5 Å². The molecule has 1 aromatic carbocycles. The van der Waals surface area contributed by atoms with Crippen molar-refractivity contribution in [3.05, 3.63) is 23.3 Å². The summed E-state index contributed by atoms with van der Waals surface area (Å²) in [5.74, 6) is 1.88. The topological polar surface area (TPSA) is 21.7 Å². The molecule has 0 bridgehead atoms. The second kappa shape index (κ2) is 6.04. The standard InChI is InChI=1S/C17H25NO2/c1-3-5-18(6-4-2)15-9-13-11-16-17(12-14(13)10-15)20-8-7-19-16/h11-12,15H,3-10H2,1-2H3. The molecule has 0 unspecified atom stereocenters. The van der Waals surface area contributed by atoms with Crippen molar-refractivity contribution in [1.29, 1.82) is 0 Å². The van der Waals surface area contributed by atoms with Gasteiger partial charge in [0.05, 0.1) is 0 Å². The zero-order valence-electron chi connectivity index (χ0n) is 12.7. The van der Waals surface area contributed by atoms with Gasteiger partial charge >= 0.3 is 0 Å². The van der Waals surface area contributed by atoms with Crippen LogP contribution < -0.4 is 9.47 Å². The summed E-state index contributed by atoms with van der Waals surface area (Å²) in [6, 6.07) is 5.08. The molecule has 0 amide bonds. The molecule has 3 nitrogen and oxygen atoms in total. The fourth-order valence-electron chi connectivity index (χ4n) is 3.44. The van der Waals surface area contributed by atoms with Crippen LogP contribution in [0, 0.1) is 0 Å². The Morgan fingerprint density at radius 1 is 0.950 bits per heavy atom. The van der Waals surface area contributed by atoms with Crippen LogP contribution in [-0.2, 0) is 12.8 Å². The highest BCUT2D eigenvalue weighted by atomic mass is 16.6. The molecule has 0 radical (unpaired) electrons. The zero-order valence-corrected chi connectivity index (χ0v) is 12.7. The van der Waals surface area contributed by atoms with E-state index in [0.29, 0.717) is 19.3 Å². The molecule has 0 atom stereocenters. The molecule has 110 valence electrons. The van der Waals surface area contributed by atoms with Crippen molar-refractivity contribution in [1.82, 2.24) is 4.90 Å². The highest BCUT2D eigenvalue weighted by Crippen LogP contribution is 2.37. The molecule has 1 aromatic rings. The summed E-state index contributed by atoms with van der Waals surface area (Å²) in [4.78, 5) is 2.65. The molecule has 0 aromatic heterocycles. The van der Waals surface area contributed by atoms with E-state index in [-0.39, 0.29) is 0 Å². The lowest BCUT2D eigenvalue weighted by Gasteiger charge is -2.27. The third kappa shape index (κ3) is 2.64. The average Bonchev–Trinajstić information content (AvgIpc) is 2.87. The molecule has 0 spiro atoms. The van der Waals surface area contributed by atoms with E-state index in [1.165, 1.54) is 37.1 Å². The van der Waals surface area contributed by atoms with Crippen molar-refractivity contribution in [2.24, 2.45) is 0 Å². The van der Waals surface area contributed by atoms with E-state index >= 15 is 0 Å². The third-order valence-electron chi connectivity index (χ3n) is 4.31. The summed E-state index contributed by atoms with van der Waals surface area (Å²) in [7, 11) is 0. The summed E-state index contributed by atoms with van der Waals surface area (Å²) in [5.41, 5.74) is 2.91. The highest BCUT2D eigenvalue weighted by molar-refractivity contribution is 5.50. The summed E-state index contributed by atoms with van der Waals surface area (Å²) in [5, 5.41) is 0. The van der Waals surface area contributed by atoms with E-state index < -0.39 is 0 Å². The maximum Gasteiger partial charge on any atom is 0.161 e. The summed E-state index contributed by atoms with van der Waals surface area (Å²) < 4.78 is 11.4. The Morgan fingerprint density at radius 3 is 1.90 bits per heavy atom. The fourth-order valence-corrected chi connectivity index (χ4v) is 3.44. The number of hydrogen-bond acceptors (Lipinski definition) is 3. The number of fused-ring (bicyclic) bond motifs is 2. The highest BCUT2D eigenvalue weighted by Gasteiger charge is 2.28. The Kier molecular flexibility index (Phi) is 4.16. The SMILES string of the molecule is CCCN(CCC)C1Cc2cc3c(cc2C1)OCCO3. The maximum absolute atomic E-state index is 5.70. The van der Waals surface area contributed by atoms with Gasteiger partial charge in [-0.1, -0.05) is 13.8 Å². The van der Waals surface area contributed by atoms with Crippen LogP contribution in [-0.4, -0.2) is 37.2 Å². The van der Waals surface area contributed by atoms with Crippen molar-refractivity contribution >= 4 is 0 Å². The molecule has 20 heavy (non-hydrogen) atoms. The Bertz CT molecular complexity index is 431. The van der Waals surface area contributed by atoms with Crippen LogP contribution in [0.2, 0.25) is 0 Å². The van der Waals surface area contributed by atoms with Crippen molar-refractivity contribution in [2.75, 3.05) is 26.3 Å². The van der Waals surface area contributed by atoms with Crippen LogP contribution in [0.3, 0.4) is 0 Å². The smallest absolute Gasteiger partial charge is 0.161 e. The van der Waals surface area contributed by atoms with Crippen LogP contribution in [0.25, 0.3) is 0 Å². The van der Waals surface area contributed by atoms with E-state index in [1.54, 1.807) is 0 Å². The van der Waals surface area contributed by atoms with Crippen molar-refractivity contribution in [3.63, 3.8) is 0 Å². The number of benzene rings is 1. The largest absolute Gasteiger partial charge is 0.486 e. The molecule has 0 fully saturated rings. The van der Waals surface area contributed by atoms with Gasteiger partial charge in [-0.15, -0.1) is 0 Å². The lowest BCUT2D eigenvalue weighted by molar-refractivity contribution is 0.171. The molecule has 3 rings (SSSR count). The molecule has 1 aliphatic carbocycles. The van der Waals surface area contributed by atoms with Gasteiger partial charge in [-0.25, -0.2) is 0 Å². The van der Waals surface area contributed by atoms with Gasteiger partial charge in [0, 0.05) is 6.04 Å². The Hall–Kier alpha value is -1.22. The Balaban J connectivity index is 1.77. The van der Waals surface area contributed by atoms with E-state index in [0.717, 1.165) is 24.3 Å². The molecular formula is C17H25NO2. The second-order valence-corrected chi connectivity index (χ2v) is 5.86. The molecule has 0 saturated carbocycles. The predicted molar refractivity (Wildman–Crippen MR) is 80.8 cm³/mol. The first-order chi connectivity index (χ1) is 9.81. The minimum atomic E-state index is 0.661. The van der Waals surface area contributed by atoms with Crippen molar-refractivity contribution in [3.8, 4) is 11.5 Å². The van der Waals surface area contributed by atoms with Crippen LogP contribution >= 0.6 is 0 Å². The van der Waals surface area contributed by atoms with Crippen LogP contribution in [0.1, 0.15) is 37.8 Å². The first-order valence-corrected chi connectivity index (χ1v) is 7.97. The molecule has 2 aliphatic rings.